The summed E-state index contributed by atoms with van der Waals surface area (Å²) in [6.45, 7) is 0. The number of carbonyl (C=O) groups excluding carboxylic acids is 1. The van der Waals surface area contributed by atoms with Crippen molar-refractivity contribution in [2.24, 2.45) is 0 Å². The zero-order chi connectivity index (χ0) is 15.3. The minimum absolute atomic E-state index is 0.0226. The number of ether oxygens (including phenoxy) is 1. The second-order valence-corrected chi connectivity index (χ2v) is 6.44. The first-order valence-electron chi connectivity index (χ1n) is 5.35. The lowest BCUT2D eigenvalue weighted by molar-refractivity contribution is -0.140. The molecule has 1 aromatic rings. The van der Waals surface area contributed by atoms with Crippen LogP contribution in [0.5, 0.6) is 0 Å². The Morgan fingerprint density at radius 1 is 1.40 bits per heavy atom. The highest BCUT2D eigenvalue weighted by atomic mass is 79.9. The summed E-state index contributed by atoms with van der Waals surface area (Å²) in [7, 11) is -2.55. The monoisotopic (exact) mass is 365 g/mol. The maximum Gasteiger partial charge on any atom is 0.335 e. The summed E-state index contributed by atoms with van der Waals surface area (Å²) in [6, 6.07) is 3.87. The summed E-state index contributed by atoms with van der Waals surface area (Å²) in [6.07, 6.45) is -0.267. The van der Waals surface area contributed by atoms with Crippen LogP contribution in [0.4, 0.5) is 5.69 Å². The minimum Gasteiger partial charge on any atom is -0.478 e. The summed E-state index contributed by atoms with van der Waals surface area (Å²) < 4.78 is 30.4. The summed E-state index contributed by atoms with van der Waals surface area (Å²) in [5, 5.41) is 8.79. The Labute approximate surface area is 124 Å². The van der Waals surface area contributed by atoms with Crippen molar-refractivity contribution in [1.82, 2.24) is 0 Å². The van der Waals surface area contributed by atoms with Crippen molar-refractivity contribution < 1.29 is 27.9 Å². The Bertz CT molecular complexity index is 628. The number of nitrogens with one attached hydrogen (secondary N) is 1. The Kier molecular flexibility index (Phi) is 5.52. The van der Waals surface area contributed by atoms with Gasteiger partial charge < -0.3 is 9.84 Å². The van der Waals surface area contributed by atoms with Crippen LogP contribution in [-0.2, 0) is 19.6 Å². The molecule has 7 nitrogen and oxygen atoms in total. The molecule has 0 unspecified atom stereocenters. The van der Waals surface area contributed by atoms with E-state index in [1.54, 1.807) is 0 Å². The van der Waals surface area contributed by atoms with Gasteiger partial charge in [0.25, 0.3) is 0 Å². The molecule has 0 fully saturated rings. The van der Waals surface area contributed by atoms with Crippen molar-refractivity contribution in [3.05, 3.63) is 28.2 Å². The second kappa shape index (κ2) is 6.71. The number of methoxy groups -OCH3 is 1. The SMILES string of the molecule is COC(=O)CCS(=O)(=O)Nc1ccc(C(=O)O)cc1Br. The average Bonchev–Trinajstić information content (AvgIpc) is 2.38. The standard InChI is InChI=1S/C11H12BrNO6S/c1-19-10(14)4-5-20(17,18)13-9-3-2-7(11(15)16)6-8(9)12/h2-3,6,13H,4-5H2,1H3,(H,15,16). The predicted octanol–water partition coefficient (Wildman–Crippen LogP) is 1.45. The highest BCUT2D eigenvalue weighted by Crippen LogP contribution is 2.24. The molecule has 0 heterocycles. The zero-order valence-electron chi connectivity index (χ0n) is 10.4. The molecule has 0 saturated heterocycles. The third kappa shape index (κ3) is 4.82. The smallest absolute Gasteiger partial charge is 0.335 e. The van der Waals surface area contributed by atoms with E-state index in [-0.39, 0.29) is 17.7 Å². The van der Waals surface area contributed by atoms with E-state index in [4.69, 9.17) is 5.11 Å². The lowest BCUT2D eigenvalue weighted by Gasteiger charge is -2.09. The van der Waals surface area contributed by atoms with Crippen LogP contribution in [0.15, 0.2) is 22.7 Å². The number of halogens is 1. The van der Waals surface area contributed by atoms with E-state index in [1.165, 1.54) is 25.3 Å². The third-order valence-corrected chi connectivity index (χ3v) is 4.21. The molecule has 0 aliphatic heterocycles. The van der Waals surface area contributed by atoms with E-state index >= 15 is 0 Å². The Balaban J connectivity index is 2.82. The molecule has 1 aromatic carbocycles. The molecule has 20 heavy (non-hydrogen) atoms. The molecule has 0 bridgehead atoms. The van der Waals surface area contributed by atoms with Gasteiger partial charge in [-0.1, -0.05) is 0 Å². The summed E-state index contributed by atoms with van der Waals surface area (Å²) in [4.78, 5) is 21.7. The predicted molar refractivity (Wildman–Crippen MR) is 75.1 cm³/mol. The highest BCUT2D eigenvalue weighted by Gasteiger charge is 2.16. The Morgan fingerprint density at radius 2 is 2.05 bits per heavy atom. The van der Waals surface area contributed by atoms with Crippen molar-refractivity contribution >= 4 is 43.6 Å². The Morgan fingerprint density at radius 3 is 2.55 bits per heavy atom. The molecule has 0 atom stereocenters. The van der Waals surface area contributed by atoms with Crippen LogP contribution in [-0.4, -0.2) is 38.3 Å². The van der Waals surface area contributed by atoms with Crippen molar-refractivity contribution in [2.45, 2.75) is 6.42 Å². The highest BCUT2D eigenvalue weighted by molar-refractivity contribution is 9.10. The lowest BCUT2D eigenvalue weighted by Crippen LogP contribution is -2.19. The maximum atomic E-state index is 11.7. The number of sulfonamides is 1. The second-order valence-electron chi connectivity index (χ2n) is 3.75. The van der Waals surface area contributed by atoms with E-state index in [2.05, 4.69) is 25.4 Å². The van der Waals surface area contributed by atoms with Crippen LogP contribution in [0.2, 0.25) is 0 Å². The maximum absolute atomic E-state index is 11.7. The molecule has 0 aliphatic rings. The molecule has 9 heteroatoms. The molecule has 0 aromatic heterocycles. The van der Waals surface area contributed by atoms with Gasteiger partial charge in [-0.25, -0.2) is 13.2 Å². The molecule has 1 rings (SSSR count). The van der Waals surface area contributed by atoms with Gasteiger partial charge in [0.2, 0.25) is 10.0 Å². The fourth-order valence-electron chi connectivity index (χ4n) is 1.27. The largest absolute Gasteiger partial charge is 0.478 e. The van der Waals surface area contributed by atoms with E-state index in [0.29, 0.717) is 4.47 Å². The molecule has 110 valence electrons. The van der Waals surface area contributed by atoms with Crippen molar-refractivity contribution in [2.75, 3.05) is 17.6 Å². The van der Waals surface area contributed by atoms with Crippen LogP contribution >= 0.6 is 15.9 Å². The normalized spacial score (nSPS) is 10.9. The molecule has 2 N–H and O–H groups in total. The van der Waals surface area contributed by atoms with Crippen LogP contribution in [0, 0.1) is 0 Å². The van der Waals surface area contributed by atoms with Crippen molar-refractivity contribution in [1.29, 1.82) is 0 Å². The van der Waals surface area contributed by atoms with Gasteiger partial charge in [-0.05, 0) is 34.1 Å². The number of hydrogen-bond acceptors (Lipinski definition) is 5. The summed E-state index contributed by atoms with van der Waals surface area (Å²) in [5.41, 5.74) is 0.217. The number of hydrogen-bond donors (Lipinski definition) is 2. The van der Waals surface area contributed by atoms with Gasteiger partial charge in [0.05, 0.1) is 30.5 Å². The molecule has 0 saturated carbocycles. The number of anilines is 1. The lowest BCUT2D eigenvalue weighted by atomic mass is 10.2. The van der Waals surface area contributed by atoms with Crippen LogP contribution < -0.4 is 4.72 Å². The quantitative estimate of drug-likeness (QED) is 0.738. The number of carboxylic acid groups (broad SMARTS) is 1. The average molecular weight is 366 g/mol. The molecular formula is C11H12BrNO6S. The zero-order valence-corrected chi connectivity index (χ0v) is 12.8. The van der Waals surface area contributed by atoms with Gasteiger partial charge in [0, 0.05) is 4.47 Å². The number of rotatable bonds is 6. The minimum atomic E-state index is -3.72. The number of carboxylic acids is 1. The number of esters is 1. The molecule has 0 amide bonds. The first-order valence-corrected chi connectivity index (χ1v) is 7.80. The van der Waals surface area contributed by atoms with E-state index in [0.717, 1.165) is 0 Å². The fraction of sp³-hybridized carbons (Fsp3) is 0.273. The first-order chi connectivity index (χ1) is 9.25. The van der Waals surface area contributed by atoms with Crippen LogP contribution in [0.3, 0.4) is 0 Å². The van der Waals surface area contributed by atoms with E-state index in [1.807, 2.05) is 0 Å². The van der Waals surface area contributed by atoms with Crippen molar-refractivity contribution in [3.8, 4) is 0 Å². The summed E-state index contributed by atoms with van der Waals surface area (Å²) >= 11 is 3.08. The van der Waals surface area contributed by atoms with Gasteiger partial charge in [-0.2, -0.15) is 0 Å². The molecule has 0 aliphatic carbocycles. The molecular weight excluding hydrogens is 354 g/mol. The fourth-order valence-corrected chi connectivity index (χ4v) is 2.93. The molecule has 0 spiro atoms. The van der Waals surface area contributed by atoms with Gasteiger partial charge in [-0.15, -0.1) is 0 Å². The topological polar surface area (TPSA) is 110 Å². The number of benzene rings is 1. The van der Waals surface area contributed by atoms with E-state index < -0.39 is 27.7 Å². The summed E-state index contributed by atoms with van der Waals surface area (Å²) in [5.74, 6) is -2.17. The van der Waals surface area contributed by atoms with Crippen LogP contribution in [0.25, 0.3) is 0 Å². The van der Waals surface area contributed by atoms with Gasteiger partial charge in [0.1, 0.15) is 0 Å². The Hall–Kier alpha value is -1.61. The van der Waals surface area contributed by atoms with Crippen LogP contribution in [0.1, 0.15) is 16.8 Å². The van der Waals surface area contributed by atoms with Gasteiger partial charge in [0.15, 0.2) is 0 Å². The first kappa shape index (κ1) is 16.4. The van der Waals surface area contributed by atoms with Gasteiger partial charge >= 0.3 is 11.9 Å². The molecule has 0 radical (unpaired) electrons. The van der Waals surface area contributed by atoms with E-state index in [9.17, 15) is 18.0 Å². The number of carbonyl (C=O) groups is 2. The third-order valence-electron chi connectivity index (χ3n) is 2.28. The van der Waals surface area contributed by atoms with Crippen molar-refractivity contribution in [3.63, 3.8) is 0 Å². The number of aromatic carboxylic acids is 1. The van der Waals surface area contributed by atoms with Gasteiger partial charge in [-0.3, -0.25) is 9.52 Å².